The number of thioether (sulfide) groups is 1. The normalized spacial score (nSPS) is 14.3. The van der Waals surface area contributed by atoms with E-state index in [1.54, 1.807) is 24.3 Å². The van der Waals surface area contributed by atoms with Crippen LogP contribution >= 0.6 is 23.4 Å². The molecule has 0 spiro atoms. The third kappa shape index (κ3) is 6.34. The molecule has 1 aliphatic heterocycles. The van der Waals surface area contributed by atoms with Crippen molar-refractivity contribution < 1.29 is 23.9 Å². The average Bonchev–Trinajstić information content (AvgIpc) is 3.11. The highest BCUT2D eigenvalue weighted by atomic mass is 35.5. The number of halogens is 1. The van der Waals surface area contributed by atoms with Crippen molar-refractivity contribution in [2.45, 2.75) is 20.4 Å². The number of hydrogen-bond donors (Lipinski definition) is 1. The number of imide groups is 1. The van der Waals surface area contributed by atoms with Crippen molar-refractivity contribution in [3.63, 3.8) is 0 Å². The minimum Gasteiger partial charge on any atom is -0.493 e. The fourth-order valence-electron chi connectivity index (χ4n) is 3.77. The van der Waals surface area contributed by atoms with Crippen LogP contribution in [0.1, 0.15) is 22.3 Å². The average molecular weight is 537 g/mol. The first-order valence-electron chi connectivity index (χ1n) is 11.4. The van der Waals surface area contributed by atoms with Gasteiger partial charge in [-0.1, -0.05) is 48.0 Å². The van der Waals surface area contributed by atoms with Gasteiger partial charge in [-0.2, -0.15) is 0 Å². The summed E-state index contributed by atoms with van der Waals surface area (Å²) in [6.07, 6.45) is 1.59. The molecule has 1 heterocycles. The summed E-state index contributed by atoms with van der Waals surface area (Å²) in [6.45, 7) is 3.80. The van der Waals surface area contributed by atoms with Crippen molar-refractivity contribution in [2.75, 3.05) is 19.0 Å². The van der Waals surface area contributed by atoms with Crippen LogP contribution in [0.25, 0.3) is 6.08 Å². The van der Waals surface area contributed by atoms with E-state index in [2.05, 4.69) is 5.32 Å². The van der Waals surface area contributed by atoms with Crippen LogP contribution in [0.2, 0.25) is 5.02 Å². The van der Waals surface area contributed by atoms with Gasteiger partial charge < -0.3 is 14.8 Å². The Morgan fingerprint density at radius 2 is 1.86 bits per heavy atom. The van der Waals surface area contributed by atoms with Gasteiger partial charge in [0.1, 0.15) is 0 Å². The fraction of sp³-hybridized carbons (Fsp3) is 0.179. The molecule has 9 heteroatoms. The molecule has 190 valence electrons. The number of nitrogens with one attached hydrogen (secondary N) is 1. The smallest absolute Gasteiger partial charge is 0.293 e. The Morgan fingerprint density at radius 1 is 1.08 bits per heavy atom. The molecule has 0 atom stereocenters. The molecule has 1 aliphatic rings. The molecule has 0 unspecified atom stereocenters. The van der Waals surface area contributed by atoms with Gasteiger partial charge in [-0.15, -0.1) is 0 Å². The molecule has 0 bridgehead atoms. The zero-order valence-electron chi connectivity index (χ0n) is 20.5. The van der Waals surface area contributed by atoms with Crippen LogP contribution in [-0.2, 0) is 16.1 Å². The number of methoxy groups -OCH3 is 1. The number of amides is 3. The Labute approximate surface area is 224 Å². The topological polar surface area (TPSA) is 84.9 Å². The van der Waals surface area contributed by atoms with Crippen LogP contribution < -0.4 is 14.8 Å². The van der Waals surface area contributed by atoms with E-state index in [0.29, 0.717) is 17.0 Å². The minimum absolute atomic E-state index is 0.202. The molecule has 3 amide bonds. The number of anilines is 1. The molecule has 3 aromatic rings. The Hall–Kier alpha value is -3.75. The maximum Gasteiger partial charge on any atom is 0.293 e. The number of benzene rings is 3. The highest BCUT2D eigenvalue weighted by molar-refractivity contribution is 8.18. The summed E-state index contributed by atoms with van der Waals surface area (Å²) in [7, 11) is 1.45. The van der Waals surface area contributed by atoms with Crippen molar-refractivity contribution in [1.82, 2.24) is 4.90 Å². The molecule has 3 aromatic carbocycles. The molecule has 4 rings (SSSR count). The molecule has 0 radical (unpaired) electrons. The van der Waals surface area contributed by atoms with Crippen LogP contribution in [0.5, 0.6) is 11.5 Å². The lowest BCUT2D eigenvalue weighted by atomic mass is 10.1. The second kappa shape index (κ2) is 11.5. The molecule has 1 saturated heterocycles. The van der Waals surface area contributed by atoms with E-state index in [0.717, 1.165) is 28.5 Å². The van der Waals surface area contributed by atoms with Gasteiger partial charge in [-0.25, -0.2) is 0 Å². The highest BCUT2D eigenvalue weighted by Crippen LogP contribution is 2.39. The van der Waals surface area contributed by atoms with Crippen molar-refractivity contribution >= 4 is 52.2 Å². The second-order valence-electron chi connectivity index (χ2n) is 8.43. The molecule has 0 aromatic heterocycles. The minimum atomic E-state index is -0.374. The summed E-state index contributed by atoms with van der Waals surface area (Å²) >= 11 is 7.32. The summed E-state index contributed by atoms with van der Waals surface area (Å²) in [4.78, 5) is 39.4. The third-order valence-electron chi connectivity index (χ3n) is 5.66. The van der Waals surface area contributed by atoms with Crippen LogP contribution in [-0.4, -0.2) is 35.7 Å². The van der Waals surface area contributed by atoms with E-state index < -0.39 is 0 Å². The lowest BCUT2D eigenvalue weighted by molar-refractivity contribution is -0.123. The molecule has 1 N–H and O–H groups in total. The molecule has 1 fully saturated rings. The third-order valence-corrected chi connectivity index (χ3v) is 6.85. The van der Waals surface area contributed by atoms with Gasteiger partial charge in [0.05, 0.1) is 23.6 Å². The maximum absolute atomic E-state index is 13.0. The van der Waals surface area contributed by atoms with Gasteiger partial charge in [0.25, 0.3) is 17.1 Å². The van der Waals surface area contributed by atoms with Gasteiger partial charge in [0.15, 0.2) is 18.1 Å². The van der Waals surface area contributed by atoms with Gasteiger partial charge in [0, 0.05) is 5.69 Å². The number of aryl methyl sites for hydroxylation is 2. The standard InChI is InChI=1S/C28H25ClN2O5S/c1-17-7-6-10-21(11-17)30-25(32)16-36-26-22(29)12-19(13-23(26)35-3)14-24-27(33)31(28(34)37-24)15-20-9-5-4-8-18(20)2/h4-14H,15-16H2,1-3H3,(H,30,32)/b24-14-. The number of hydrogen-bond acceptors (Lipinski definition) is 6. The van der Waals surface area contributed by atoms with Gasteiger partial charge in [0.2, 0.25) is 0 Å². The van der Waals surface area contributed by atoms with Gasteiger partial charge >= 0.3 is 0 Å². The first-order valence-corrected chi connectivity index (χ1v) is 12.6. The molecule has 37 heavy (non-hydrogen) atoms. The van der Waals surface area contributed by atoms with E-state index in [9.17, 15) is 14.4 Å². The molecule has 7 nitrogen and oxygen atoms in total. The molecule has 0 saturated carbocycles. The number of nitrogens with zero attached hydrogens (tertiary/aromatic N) is 1. The zero-order chi connectivity index (χ0) is 26.5. The van der Waals surface area contributed by atoms with Crippen LogP contribution in [0, 0.1) is 13.8 Å². The maximum atomic E-state index is 13.0. The van der Waals surface area contributed by atoms with Crippen molar-refractivity contribution in [3.8, 4) is 11.5 Å². The van der Waals surface area contributed by atoms with Gasteiger partial charge in [-0.05, 0) is 78.2 Å². The van der Waals surface area contributed by atoms with E-state index in [1.165, 1.54) is 12.0 Å². The van der Waals surface area contributed by atoms with Crippen molar-refractivity contribution in [2.24, 2.45) is 0 Å². The number of carbonyl (C=O) groups excluding carboxylic acids is 3. The monoisotopic (exact) mass is 536 g/mol. The summed E-state index contributed by atoms with van der Waals surface area (Å²) < 4.78 is 11.1. The summed E-state index contributed by atoms with van der Waals surface area (Å²) in [5.41, 5.74) is 4.15. The number of carbonyl (C=O) groups is 3. The van der Waals surface area contributed by atoms with E-state index in [-0.39, 0.29) is 45.9 Å². The fourth-order valence-corrected chi connectivity index (χ4v) is 4.88. The molecular weight excluding hydrogens is 512 g/mol. The Balaban J connectivity index is 1.47. The van der Waals surface area contributed by atoms with Crippen LogP contribution in [0.15, 0.2) is 65.6 Å². The lowest BCUT2D eigenvalue weighted by Gasteiger charge is -2.14. The predicted octanol–water partition coefficient (Wildman–Crippen LogP) is 6.22. The number of ether oxygens (including phenoxy) is 2. The largest absolute Gasteiger partial charge is 0.493 e. The summed E-state index contributed by atoms with van der Waals surface area (Å²) in [5.74, 6) is -0.230. The first kappa shape index (κ1) is 26.3. The molecule has 0 aliphatic carbocycles. The van der Waals surface area contributed by atoms with Crippen molar-refractivity contribution in [1.29, 1.82) is 0 Å². The number of rotatable bonds is 8. The zero-order valence-corrected chi connectivity index (χ0v) is 22.1. The van der Waals surface area contributed by atoms with Crippen LogP contribution in [0.3, 0.4) is 0 Å². The predicted molar refractivity (Wildman–Crippen MR) is 146 cm³/mol. The summed E-state index contributed by atoms with van der Waals surface area (Å²) in [5, 5.41) is 2.64. The second-order valence-corrected chi connectivity index (χ2v) is 9.84. The quantitative estimate of drug-likeness (QED) is 0.344. The van der Waals surface area contributed by atoms with Gasteiger partial charge in [-0.3, -0.25) is 19.3 Å². The summed E-state index contributed by atoms with van der Waals surface area (Å²) in [6, 6.07) is 18.3. The van der Waals surface area contributed by atoms with E-state index in [1.807, 2.05) is 56.3 Å². The molecular formula is C28H25ClN2O5S. The van der Waals surface area contributed by atoms with E-state index in [4.69, 9.17) is 21.1 Å². The van der Waals surface area contributed by atoms with Crippen molar-refractivity contribution in [3.05, 3.63) is 92.8 Å². The lowest BCUT2D eigenvalue weighted by Crippen LogP contribution is -2.27. The van der Waals surface area contributed by atoms with Crippen LogP contribution in [0.4, 0.5) is 10.5 Å². The Morgan fingerprint density at radius 3 is 2.59 bits per heavy atom. The Bertz CT molecular complexity index is 1410. The Kier molecular flexibility index (Phi) is 8.21. The van der Waals surface area contributed by atoms with E-state index >= 15 is 0 Å². The first-order chi connectivity index (χ1) is 17.7. The SMILES string of the molecule is COc1cc(/C=C2\SC(=O)N(Cc3ccccc3C)C2=O)cc(Cl)c1OCC(=O)Nc1cccc(C)c1. The highest BCUT2D eigenvalue weighted by Gasteiger charge is 2.35.